The van der Waals surface area contributed by atoms with Crippen molar-refractivity contribution in [2.45, 2.75) is 23.5 Å². The van der Waals surface area contributed by atoms with Crippen LogP contribution in [-0.4, -0.2) is 19.5 Å². The lowest BCUT2D eigenvalue weighted by molar-refractivity contribution is 0.0998. The average molecular weight is 286 g/mol. The summed E-state index contributed by atoms with van der Waals surface area (Å²) in [6, 6.07) is 13.7. The van der Waals surface area contributed by atoms with Gasteiger partial charge in [-0.25, -0.2) is 8.42 Å². The van der Waals surface area contributed by atoms with E-state index in [9.17, 15) is 13.2 Å². The molecular formula is C16H14O3S. The Labute approximate surface area is 118 Å². The Hall–Kier alpha value is -1.94. The molecule has 3 rings (SSSR count). The second kappa shape index (κ2) is 4.56. The first-order chi connectivity index (χ1) is 9.50. The van der Waals surface area contributed by atoms with E-state index in [0.717, 1.165) is 11.1 Å². The van der Waals surface area contributed by atoms with Crippen LogP contribution in [0.25, 0.3) is 0 Å². The number of fused-ring (bicyclic) bond motifs is 1. The molecule has 0 N–H and O–H groups in total. The molecule has 20 heavy (non-hydrogen) atoms. The van der Waals surface area contributed by atoms with Crippen molar-refractivity contribution in [1.82, 2.24) is 0 Å². The van der Waals surface area contributed by atoms with Gasteiger partial charge >= 0.3 is 0 Å². The molecule has 1 aliphatic carbocycles. The Morgan fingerprint density at radius 3 is 2.30 bits per heavy atom. The SMILES string of the molecule is Cc1ccc(S(=O)(=O)C2Cc3ccccc3C2=O)cc1. The van der Waals surface area contributed by atoms with Gasteiger partial charge < -0.3 is 0 Å². The molecule has 3 nitrogen and oxygen atoms in total. The molecule has 1 atom stereocenters. The lowest BCUT2D eigenvalue weighted by atomic mass is 10.1. The largest absolute Gasteiger partial charge is 0.293 e. The van der Waals surface area contributed by atoms with Gasteiger partial charge in [-0.05, 0) is 31.0 Å². The van der Waals surface area contributed by atoms with E-state index < -0.39 is 15.1 Å². The molecule has 2 aromatic rings. The Morgan fingerprint density at radius 1 is 1.00 bits per heavy atom. The van der Waals surface area contributed by atoms with Crippen LogP contribution >= 0.6 is 0 Å². The minimum Gasteiger partial charge on any atom is -0.293 e. The van der Waals surface area contributed by atoms with E-state index in [1.54, 1.807) is 36.4 Å². The van der Waals surface area contributed by atoms with E-state index in [0.29, 0.717) is 5.56 Å². The Morgan fingerprint density at radius 2 is 1.65 bits per heavy atom. The van der Waals surface area contributed by atoms with Gasteiger partial charge in [-0.1, -0.05) is 42.0 Å². The molecule has 0 spiro atoms. The fraction of sp³-hybridized carbons (Fsp3) is 0.188. The number of hydrogen-bond donors (Lipinski definition) is 0. The normalized spacial score (nSPS) is 18.1. The number of aryl methyl sites for hydroxylation is 1. The predicted molar refractivity (Wildman–Crippen MR) is 76.6 cm³/mol. The predicted octanol–water partition coefficient (Wildman–Crippen LogP) is 2.58. The van der Waals surface area contributed by atoms with Gasteiger partial charge in [-0.2, -0.15) is 0 Å². The van der Waals surface area contributed by atoms with Crippen molar-refractivity contribution >= 4 is 15.6 Å². The summed E-state index contributed by atoms with van der Waals surface area (Å²) in [5, 5.41) is -0.984. The van der Waals surface area contributed by atoms with Crippen molar-refractivity contribution in [3.05, 3.63) is 65.2 Å². The maximum Gasteiger partial charge on any atom is 0.189 e. The number of Topliss-reactive ketones (excluding diaryl/α,β-unsaturated/α-hetero) is 1. The first-order valence-electron chi connectivity index (χ1n) is 6.43. The molecule has 0 saturated heterocycles. The topological polar surface area (TPSA) is 51.2 Å². The Balaban J connectivity index is 2.03. The Bertz CT molecular complexity index is 774. The van der Waals surface area contributed by atoms with Crippen LogP contribution in [0.1, 0.15) is 21.5 Å². The highest BCUT2D eigenvalue weighted by atomic mass is 32.2. The van der Waals surface area contributed by atoms with Gasteiger partial charge in [0, 0.05) is 5.56 Å². The zero-order valence-electron chi connectivity index (χ0n) is 11.0. The zero-order valence-corrected chi connectivity index (χ0v) is 11.9. The minimum absolute atomic E-state index is 0.217. The molecule has 0 fully saturated rings. The first kappa shape index (κ1) is 13.1. The number of benzene rings is 2. The van der Waals surface area contributed by atoms with Crippen molar-refractivity contribution in [2.24, 2.45) is 0 Å². The van der Waals surface area contributed by atoms with Crippen LogP contribution in [-0.2, 0) is 16.3 Å². The van der Waals surface area contributed by atoms with Crippen LogP contribution < -0.4 is 0 Å². The summed E-state index contributed by atoms with van der Waals surface area (Å²) in [4.78, 5) is 12.5. The molecule has 0 saturated carbocycles. The fourth-order valence-electron chi connectivity index (χ4n) is 2.55. The summed E-state index contributed by atoms with van der Waals surface area (Å²) in [7, 11) is -3.62. The smallest absolute Gasteiger partial charge is 0.189 e. The summed E-state index contributed by atoms with van der Waals surface area (Å²) >= 11 is 0. The lowest BCUT2D eigenvalue weighted by Crippen LogP contribution is -2.27. The lowest BCUT2D eigenvalue weighted by Gasteiger charge is -2.10. The van der Waals surface area contributed by atoms with Crippen LogP contribution in [0.4, 0.5) is 0 Å². The maximum atomic E-state index is 12.6. The van der Waals surface area contributed by atoms with Gasteiger partial charge in [0.1, 0.15) is 5.25 Å². The van der Waals surface area contributed by atoms with E-state index in [1.807, 2.05) is 19.1 Å². The van der Waals surface area contributed by atoms with Gasteiger partial charge in [-0.15, -0.1) is 0 Å². The molecule has 0 aliphatic heterocycles. The van der Waals surface area contributed by atoms with E-state index in [2.05, 4.69) is 0 Å². The maximum absolute atomic E-state index is 12.6. The average Bonchev–Trinajstić information content (AvgIpc) is 2.78. The van der Waals surface area contributed by atoms with E-state index in [4.69, 9.17) is 0 Å². The molecule has 2 aromatic carbocycles. The highest BCUT2D eigenvalue weighted by molar-refractivity contribution is 7.92. The van der Waals surface area contributed by atoms with Crippen molar-refractivity contribution < 1.29 is 13.2 Å². The Kier molecular flexibility index (Phi) is 2.98. The van der Waals surface area contributed by atoms with Gasteiger partial charge in [0.2, 0.25) is 0 Å². The van der Waals surface area contributed by atoms with Gasteiger partial charge in [0.15, 0.2) is 15.6 Å². The van der Waals surface area contributed by atoms with Crippen LogP contribution in [0.3, 0.4) is 0 Å². The van der Waals surface area contributed by atoms with Crippen molar-refractivity contribution in [2.75, 3.05) is 0 Å². The minimum atomic E-state index is -3.62. The molecule has 4 heteroatoms. The highest BCUT2D eigenvalue weighted by Crippen LogP contribution is 2.30. The van der Waals surface area contributed by atoms with Crippen molar-refractivity contribution in [3.63, 3.8) is 0 Å². The molecular weight excluding hydrogens is 272 g/mol. The summed E-state index contributed by atoms with van der Waals surface area (Å²) in [5.41, 5.74) is 2.34. The summed E-state index contributed by atoms with van der Waals surface area (Å²) in [6.45, 7) is 1.90. The monoisotopic (exact) mass is 286 g/mol. The third-order valence-electron chi connectivity index (χ3n) is 3.70. The zero-order chi connectivity index (χ0) is 14.3. The number of rotatable bonds is 2. The first-order valence-corrected chi connectivity index (χ1v) is 7.97. The second-order valence-corrected chi connectivity index (χ2v) is 7.20. The standard InChI is InChI=1S/C16H14O3S/c1-11-6-8-13(9-7-11)20(18,19)15-10-12-4-2-3-5-14(12)16(15)17/h2-9,15H,10H2,1H3. The van der Waals surface area contributed by atoms with E-state index >= 15 is 0 Å². The van der Waals surface area contributed by atoms with Crippen LogP contribution in [0.15, 0.2) is 53.4 Å². The second-order valence-electron chi connectivity index (χ2n) is 5.07. The highest BCUT2D eigenvalue weighted by Gasteiger charge is 2.40. The van der Waals surface area contributed by atoms with E-state index in [-0.39, 0.29) is 17.1 Å². The molecule has 0 radical (unpaired) electrons. The van der Waals surface area contributed by atoms with Gasteiger partial charge in [-0.3, -0.25) is 4.79 Å². The molecule has 0 amide bonds. The fourth-order valence-corrected chi connectivity index (χ4v) is 4.20. The third-order valence-corrected chi connectivity index (χ3v) is 5.76. The molecule has 1 aliphatic rings. The quantitative estimate of drug-likeness (QED) is 0.852. The number of sulfone groups is 1. The molecule has 102 valence electrons. The summed E-state index contributed by atoms with van der Waals surface area (Å²) in [6.07, 6.45) is 0.269. The van der Waals surface area contributed by atoms with Crippen molar-refractivity contribution in [1.29, 1.82) is 0 Å². The van der Waals surface area contributed by atoms with E-state index in [1.165, 1.54) is 0 Å². The molecule has 0 aromatic heterocycles. The molecule has 1 unspecified atom stereocenters. The van der Waals surface area contributed by atoms with Crippen molar-refractivity contribution in [3.8, 4) is 0 Å². The molecule has 0 bridgehead atoms. The van der Waals surface area contributed by atoms with Crippen LogP contribution in [0, 0.1) is 6.92 Å². The van der Waals surface area contributed by atoms with Crippen LogP contribution in [0.2, 0.25) is 0 Å². The number of carbonyl (C=O) groups excluding carboxylic acids is 1. The number of carbonyl (C=O) groups is 1. The summed E-state index contributed by atoms with van der Waals surface area (Å²) < 4.78 is 25.2. The summed E-state index contributed by atoms with van der Waals surface area (Å²) in [5.74, 6) is -0.291. The number of hydrogen-bond acceptors (Lipinski definition) is 3. The van der Waals surface area contributed by atoms with Gasteiger partial charge in [0.05, 0.1) is 4.90 Å². The van der Waals surface area contributed by atoms with Crippen LogP contribution in [0.5, 0.6) is 0 Å². The van der Waals surface area contributed by atoms with Gasteiger partial charge in [0.25, 0.3) is 0 Å². The molecule has 0 heterocycles. The number of ketones is 1. The third kappa shape index (κ3) is 1.96.